The van der Waals surface area contributed by atoms with Crippen LogP contribution in [0.3, 0.4) is 0 Å². The van der Waals surface area contributed by atoms with Crippen molar-refractivity contribution in [3.8, 4) is 0 Å². The third kappa shape index (κ3) is 3.61. The highest BCUT2D eigenvalue weighted by molar-refractivity contribution is 7.89. The van der Waals surface area contributed by atoms with Gasteiger partial charge in [-0.1, -0.05) is 19.8 Å². The Kier molecular flexibility index (Phi) is 5.23. The number of sulfonamides is 1. The molecule has 0 saturated heterocycles. The number of hydrogen-bond donors (Lipinski definition) is 2. The molecule has 3 N–H and O–H groups in total. The van der Waals surface area contributed by atoms with E-state index in [1.54, 1.807) is 0 Å². The monoisotopic (exact) mass is 316 g/mol. The van der Waals surface area contributed by atoms with Gasteiger partial charge in [0.05, 0.1) is 0 Å². The van der Waals surface area contributed by atoms with E-state index in [1.807, 2.05) is 12.3 Å². The van der Waals surface area contributed by atoms with Gasteiger partial charge >= 0.3 is 0 Å². The fourth-order valence-corrected chi connectivity index (χ4v) is 5.85. The van der Waals surface area contributed by atoms with Crippen molar-refractivity contribution in [1.82, 2.24) is 4.72 Å². The molecule has 0 radical (unpaired) electrons. The molecule has 20 heavy (non-hydrogen) atoms. The van der Waals surface area contributed by atoms with Gasteiger partial charge in [-0.3, -0.25) is 0 Å². The molecule has 1 aliphatic rings. The summed E-state index contributed by atoms with van der Waals surface area (Å²) in [7, 11) is -3.43. The molecule has 0 bridgehead atoms. The quantitative estimate of drug-likeness (QED) is 0.877. The van der Waals surface area contributed by atoms with Gasteiger partial charge in [0.2, 0.25) is 10.0 Å². The number of nitrogens with two attached hydrogens (primary N) is 1. The zero-order chi connectivity index (χ0) is 14.8. The van der Waals surface area contributed by atoms with Gasteiger partial charge in [0, 0.05) is 18.0 Å². The summed E-state index contributed by atoms with van der Waals surface area (Å²) >= 11 is 1.42. The van der Waals surface area contributed by atoms with Gasteiger partial charge in [0.15, 0.2) is 0 Å². The van der Waals surface area contributed by atoms with Crippen molar-refractivity contribution in [2.75, 3.05) is 6.54 Å². The topological polar surface area (TPSA) is 72.2 Å². The highest BCUT2D eigenvalue weighted by Crippen LogP contribution is 2.29. The van der Waals surface area contributed by atoms with Crippen LogP contribution in [0.25, 0.3) is 0 Å². The van der Waals surface area contributed by atoms with Gasteiger partial charge in [-0.15, -0.1) is 11.3 Å². The van der Waals surface area contributed by atoms with Crippen LogP contribution in [0.4, 0.5) is 0 Å². The number of thiophene rings is 1. The minimum absolute atomic E-state index is 0.273. The first-order chi connectivity index (χ1) is 9.44. The molecule has 0 spiro atoms. The molecule has 1 saturated carbocycles. The molecule has 1 fully saturated rings. The van der Waals surface area contributed by atoms with Crippen molar-refractivity contribution in [1.29, 1.82) is 0 Å². The molecule has 2 rings (SSSR count). The second-order valence-corrected chi connectivity index (χ2v) is 8.53. The van der Waals surface area contributed by atoms with Crippen LogP contribution < -0.4 is 10.5 Å². The van der Waals surface area contributed by atoms with Crippen molar-refractivity contribution in [2.45, 2.75) is 51.0 Å². The normalized spacial score (nSPS) is 23.9. The first kappa shape index (κ1) is 15.9. The molecular weight excluding hydrogens is 292 g/mol. The van der Waals surface area contributed by atoms with E-state index in [1.165, 1.54) is 24.2 Å². The number of nitrogens with one attached hydrogen (secondary N) is 1. The van der Waals surface area contributed by atoms with Crippen molar-refractivity contribution >= 4 is 21.4 Å². The Morgan fingerprint density at radius 1 is 1.45 bits per heavy atom. The predicted octanol–water partition coefficient (Wildman–Crippen LogP) is 2.62. The summed E-state index contributed by atoms with van der Waals surface area (Å²) in [4.78, 5) is 1.14. The third-order valence-electron chi connectivity index (χ3n) is 4.05. The van der Waals surface area contributed by atoms with Crippen LogP contribution in [0.2, 0.25) is 0 Å². The minimum Gasteiger partial charge on any atom is -0.326 e. The first-order valence-corrected chi connectivity index (χ1v) is 9.57. The molecule has 1 aliphatic carbocycles. The van der Waals surface area contributed by atoms with E-state index in [0.717, 1.165) is 23.3 Å². The lowest BCUT2D eigenvalue weighted by molar-refractivity contribution is 0.283. The van der Waals surface area contributed by atoms with E-state index >= 15 is 0 Å². The van der Waals surface area contributed by atoms with Crippen LogP contribution in [0.5, 0.6) is 0 Å². The van der Waals surface area contributed by atoms with E-state index in [2.05, 4.69) is 11.6 Å². The molecular formula is C14H24N2O2S2. The molecule has 114 valence electrons. The smallest absolute Gasteiger partial charge is 0.241 e. The zero-order valence-corrected chi connectivity index (χ0v) is 13.8. The molecule has 0 aromatic carbocycles. The molecule has 2 atom stereocenters. The van der Waals surface area contributed by atoms with Crippen LogP contribution in [-0.2, 0) is 16.6 Å². The van der Waals surface area contributed by atoms with Crippen molar-refractivity contribution in [2.24, 2.45) is 17.6 Å². The van der Waals surface area contributed by atoms with E-state index in [-0.39, 0.29) is 6.54 Å². The lowest BCUT2D eigenvalue weighted by Gasteiger charge is -2.26. The van der Waals surface area contributed by atoms with Gasteiger partial charge in [-0.25, -0.2) is 13.1 Å². The Bertz CT molecular complexity index is 552. The van der Waals surface area contributed by atoms with Crippen LogP contribution >= 0.6 is 11.3 Å². The summed E-state index contributed by atoms with van der Waals surface area (Å²) in [6, 6.07) is 0. The Morgan fingerprint density at radius 2 is 2.20 bits per heavy atom. The van der Waals surface area contributed by atoms with Crippen LogP contribution in [-0.4, -0.2) is 15.0 Å². The van der Waals surface area contributed by atoms with Crippen molar-refractivity contribution in [3.05, 3.63) is 15.8 Å². The fourth-order valence-electron chi connectivity index (χ4n) is 3.03. The number of hydrogen-bond acceptors (Lipinski definition) is 4. The predicted molar refractivity (Wildman–Crippen MR) is 83.3 cm³/mol. The number of rotatable bonds is 5. The highest BCUT2D eigenvalue weighted by Gasteiger charge is 2.25. The SMILES string of the molecule is Cc1csc(CN)c1S(=O)(=O)NCC1CCCC(C)C1. The lowest BCUT2D eigenvalue weighted by Crippen LogP contribution is -2.32. The van der Waals surface area contributed by atoms with Gasteiger partial charge in [-0.05, 0) is 42.5 Å². The Balaban J connectivity index is 2.05. The summed E-state index contributed by atoms with van der Waals surface area (Å²) in [5, 5.41) is 1.86. The average molecular weight is 316 g/mol. The van der Waals surface area contributed by atoms with E-state index in [4.69, 9.17) is 5.73 Å². The van der Waals surface area contributed by atoms with E-state index in [9.17, 15) is 8.42 Å². The minimum atomic E-state index is -3.43. The van der Waals surface area contributed by atoms with Crippen LogP contribution in [0.1, 0.15) is 43.0 Å². The molecule has 1 aromatic heterocycles. The Hall–Kier alpha value is -0.430. The van der Waals surface area contributed by atoms with Gasteiger partial charge < -0.3 is 5.73 Å². The molecule has 6 heteroatoms. The highest BCUT2D eigenvalue weighted by atomic mass is 32.2. The van der Waals surface area contributed by atoms with Crippen LogP contribution in [0, 0.1) is 18.8 Å². The maximum Gasteiger partial charge on any atom is 0.241 e. The van der Waals surface area contributed by atoms with E-state index < -0.39 is 10.0 Å². The number of aryl methyl sites for hydroxylation is 1. The van der Waals surface area contributed by atoms with Crippen molar-refractivity contribution in [3.63, 3.8) is 0 Å². The average Bonchev–Trinajstić information content (AvgIpc) is 2.78. The summed E-state index contributed by atoms with van der Waals surface area (Å²) in [5.41, 5.74) is 6.43. The summed E-state index contributed by atoms with van der Waals surface area (Å²) in [6.07, 6.45) is 4.72. The molecule has 0 aliphatic heterocycles. The largest absolute Gasteiger partial charge is 0.326 e. The van der Waals surface area contributed by atoms with Crippen molar-refractivity contribution < 1.29 is 8.42 Å². The summed E-state index contributed by atoms with van der Waals surface area (Å²) in [5.74, 6) is 1.18. The van der Waals surface area contributed by atoms with Gasteiger partial charge in [0.1, 0.15) is 4.90 Å². The van der Waals surface area contributed by atoms with Crippen LogP contribution in [0.15, 0.2) is 10.3 Å². The second-order valence-electron chi connectivity index (χ2n) is 5.86. The Morgan fingerprint density at radius 3 is 2.85 bits per heavy atom. The summed E-state index contributed by atoms with van der Waals surface area (Å²) in [6.45, 7) is 4.89. The standard InChI is InChI=1S/C14H24N2O2S2/c1-10-4-3-5-12(6-10)8-16-20(17,18)14-11(2)9-19-13(14)7-15/h9-10,12,16H,3-8,15H2,1-2H3. The fraction of sp³-hybridized carbons (Fsp3) is 0.714. The zero-order valence-electron chi connectivity index (χ0n) is 12.2. The van der Waals surface area contributed by atoms with E-state index in [0.29, 0.717) is 23.3 Å². The third-order valence-corrected chi connectivity index (χ3v) is 6.96. The molecule has 0 amide bonds. The Labute approximate surface area is 125 Å². The maximum atomic E-state index is 12.5. The second kappa shape index (κ2) is 6.56. The molecule has 1 heterocycles. The molecule has 2 unspecified atom stereocenters. The van der Waals surface area contributed by atoms with Gasteiger partial charge in [0.25, 0.3) is 0 Å². The lowest BCUT2D eigenvalue weighted by atomic mass is 9.83. The van der Waals surface area contributed by atoms with Gasteiger partial charge in [-0.2, -0.15) is 0 Å². The molecule has 4 nitrogen and oxygen atoms in total. The molecule has 1 aromatic rings. The maximum absolute atomic E-state index is 12.5. The first-order valence-electron chi connectivity index (χ1n) is 7.20. The summed E-state index contributed by atoms with van der Waals surface area (Å²) < 4.78 is 27.7.